The Kier molecular flexibility index (Phi) is 8.29. The quantitative estimate of drug-likeness (QED) is 0.282. The molecule has 30 heavy (non-hydrogen) atoms. The molecule has 2 N–H and O–H groups in total. The Labute approximate surface area is 198 Å². The van der Waals surface area contributed by atoms with Crippen molar-refractivity contribution < 1.29 is 4.42 Å². The highest BCUT2D eigenvalue weighted by Gasteiger charge is 2.16. The van der Waals surface area contributed by atoms with Gasteiger partial charge in [0.25, 0.3) is 0 Å². The number of hydrogen-bond donors (Lipinski definition) is 2. The van der Waals surface area contributed by atoms with Crippen molar-refractivity contribution in [3.63, 3.8) is 0 Å². The molecular weight excluding hydrogens is 509 g/mol. The molecule has 8 heteroatoms. The van der Waals surface area contributed by atoms with E-state index in [1.54, 1.807) is 18.2 Å². The van der Waals surface area contributed by atoms with Crippen LogP contribution in [0.2, 0.25) is 0 Å². The first kappa shape index (κ1) is 22.8. The third kappa shape index (κ3) is 5.83. The zero-order valence-corrected chi connectivity index (χ0v) is 20.5. The second-order valence-electron chi connectivity index (χ2n) is 7.26. The summed E-state index contributed by atoms with van der Waals surface area (Å²) in [5, 5.41) is 8.90. The van der Waals surface area contributed by atoms with Crippen LogP contribution in [0.15, 0.2) is 51.4 Å². The van der Waals surface area contributed by atoms with E-state index in [1.807, 2.05) is 23.5 Å². The van der Waals surface area contributed by atoms with Crippen molar-refractivity contribution >= 4 is 41.3 Å². The molecule has 0 spiro atoms. The van der Waals surface area contributed by atoms with Crippen molar-refractivity contribution in [2.24, 2.45) is 4.99 Å². The Morgan fingerprint density at radius 2 is 2.07 bits per heavy atom. The second-order valence-corrected chi connectivity index (χ2v) is 8.26. The van der Waals surface area contributed by atoms with Gasteiger partial charge >= 0.3 is 0 Å². The fourth-order valence-electron chi connectivity index (χ4n) is 3.44. The average Bonchev–Trinajstić information content (AvgIpc) is 3.40. The maximum Gasteiger partial charge on any atom is 0.226 e. The third-order valence-electron chi connectivity index (χ3n) is 5.12. The SMILES string of the molecule is CN=C(NCCN1CCc2sccc2C1)NCc1coc(-c2ccc(C)cc2)n1.I. The van der Waals surface area contributed by atoms with Gasteiger partial charge in [0.05, 0.1) is 12.2 Å². The smallest absolute Gasteiger partial charge is 0.226 e. The van der Waals surface area contributed by atoms with Crippen LogP contribution in [-0.2, 0) is 19.5 Å². The van der Waals surface area contributed by atoms with Crippen LogP contribution < -0.4 is 10.6 Å². The van der Waals surface area contributed by atoms with Gasteiger partial charge in [0.2, 0.25) is 5.89 Å². The summed E-state index contributed by atoms with van der Waals surface area (Å²) in [7, 11) is 1.79. The molecule has 1 aliphatic heterocycles. The average molecular weight is 537 g/mol. The summed E-state index contributed by atoms with van der Waals surface area (Å²) in [6, 6.07) is 10.4. The zero-order valence-electron chi connectivity index (χ0n) is 17.4. The summed E-state index contributed by atoms with van der Waals surface area (Å²) in [6.07, 6.45) is 2.86. The minimum atomic E-state index is 0. The van der Waals surface area contributed by atoms with E-state index in [0.29, 0.717) is 12.4 Å². The molecule has 0 bridgehead atoms. The molecule has 0 saturated carbocycles. The van der Waals surface area contributed by atoms with Gasteiger partial charge in [-0.05, 0) is 42.5 Å². The fourth-order valence-corrected chi connectivity index (χ4v) is 4.33. The summed E-state index contributed by atoms with van der Waals surface area (Å²) in [4.78, 5) is 12.9. The minimum Gasteiger partial charge on any atom is -0.444 e. The maximum atomic E-state index is 5.62. The number of aryl methyl sites for hydroxylation is 1. The molecule has 1 aromatic carbocycles. The molecule has 2 aromatic heterocycles. The first-order chi connectivity index (χ1) is 14.2. The van der Waals surface area contributed by atoms with E-state index in [-0.39, 0.29) is 24.0 Å². The molecule has 4 rings (SSSR count). The van der Waals surface area contributed by atoms with Crippen LogP contribution in [-0.4, -0.2) is 42.5 Å². The van der Waals surface area contributed by atoms with E-state index in [9.17, 15) is 0 Å². The van der Waals surface area contributed by atoms with Gasteiger partial charge in [-0.15, -0.1) is 35.3 Å². The van der Waals surface area contributed by atoms with Crippen molar-refractivity contribution in [2.75, 3.05) is 26.7 Å². The molecule has 0 unspecified atom stereocenters. The van der Waals surface area contributed by atoms with Crippen LogP contribution in [0.1, 0.15) is 21.7 Å². The summed E-state index contributed by atoms with van der Waals surface area (Å²) in [5.41, 5.74) is 4.54. The third-order valence-corrected chi connectivity index (χ3v) is 6.14. The molecule has 0 fully saturated rings. The largest absolute Gasteiger partial charge is 0.444 e. The summed E-state index contributed by atoms with van der Waals surface area (Å²) in [6.45, 7) is 6.66. The fraction of sp³-hybridized carbons (Fsp3) is 0.364. The number of rotatable bonds is 6. The highest BCUT2D eigenvalue weighted by Crippen LogP contribution is 2.23. The number of oxazole rings is 1. The lowest BCUT2D eigenvalue weighted by atomic mass is 10.1. The van der Waals surface area contributed by atoms with Crippen LogP contribution in [0.5, 0.6) is 0 Å². The predicted octanol–water partition coefficient (Wildman–Crippen LogP) is 4.05. The second kappa shape index (κ2) is 10.9. The van der Waals surface area contributed by atoms with Crippen molar-refractivity contribution in [1.82, 2.24) is 20.5 Å². The van der Waals surface area contributed by atoms with Gasteiger partial charge in [-0.2, -0.15) is 0 Å². The molecule has 1 aliphatic rings. The van der Waals surface area contributed by atoms with Crippen molar-refractivity contribution in [1.29, 1.82) is 0 Å². The standard InChI is InChI=1S/C22H27N5OS.HI/c1-16-3-5-17(6-4-16)21-26-19(15-28-21)13-25-22(23-2)24-9-11-27-10-7-20-18(14-27)8-12-29-20;/h3-6,8,12,15H,7,9-11,13-14H2,1-2H3,(H2,23,24,25);1H. The van der Waals surface area contributed by atoms with Gasteiger partial charge < -0.3 is 15.1 Å². The number of thiophene rings is 1. The van der Waals surface area contributed by atoms with E-state index < -0.39 is 0 Å². The van der Waals surface area contributed by atoms with Gasteiger partial charge in [-0.25, -0.2) is 4.98 Å². The molecule has 0 atom stereocenters. The van der Waals surface area contributed by atoms with Gasteiger partial charge in [-0.3, -0.25) is 9.89 Å². The lowest BCUT2D eigenvalue weighted by molar-refractivity contribution is 0.260. The van der Waals surface area contributed by atoms with Crippen molar-refractivity contribution in [3.05, 3.63) is 63.7 Å². The van der Waals surface area contributed by atoms with Gasteiger partial charge in [0.15, 0.2) is 5.96 Å². The van der Waals surface area contributed by atoms with Crippen molar-refractivity contribution in [2.45, 2.75) is 26.4 Å². The van der Waals surface area contributed by atoms with Crippen LogP contribution >= 0.6 is 35.3 Å². The van der Waals surface area contributed by atoms with Gasteiger partial charge in [0.1, 0.15) is 6.26 Å². The molecule has 6 nitrogen and oxygen atoms in total. The number of aliphatic imine (C=N–C) groups is 1. The summed E-state index contributed by atoms with van der Waals surface area (Å²) in [5.74, 6) is 1.42. The molecule has 160 valence electrons. The summed E-state index contributed by atoms with van der Waals surface area (Å²) < 4.78 is 5.62. The number of aromatic nitrogens is 1. The van der Waals surface area contributed by atoms with E-state index in [4.69, 9.17) is 4.42 Å². The molecule has 0 radical (unpaired) electrons. The highest BCUT2D eigenvalue weighted by molar-refractivity contribution is 14.0. The Morgan fingerprint density at radius 3 is 2.87 bits per heavy atom. The van der Waals surface area contributed by atoms with Crippen LogP contribution in [0, 0.1) is 6.92 Å². The Hall–Kier alpha value is -1.91. The van der Waals surface area contributed by atoms with E-state index in [1.165, 1.54) is 11.1 Å². The van der Waals surface area contributed by atoms with E-state index in [0.717, 1.165) is 49.8 Å². The van der Waals surface area contributed by atoms with Gasteiger partial charge in [0, 0.05) is 43.7 Å². The Bertz CT molecular complexity index is 966. The lowest BCUT2D eigenvalue weighted by Crippen LogP contribution is -2.42. The number of halogens is 1. The molecule has 0 saturated heterocycles. The van der Waals surface area contributed by atoms with Crippen molar-refractivity contribution in [3.8, 4) is 11.5 Å². The number of hydrogen-bond acceptors (Lipinski definition) is 5. The van der Waals surface area contributed by atoms with Gasteiger partial charge in [-0.1, -0.05) is 17.7 Å². The Balaban J connectivity index is 0.00000256. The minimum absolute atomic E-state index is 0. The first-order valence-corrected chi connectivity index (χ1v) is 10.8. The predicted molar refractivity (Wildman–Crippen MR) is 134 cm³/mol. The molecule has 0 aliphatic carbocycles. The topological polar surface area (TPSA) is 65.7 Å². The molecule has 3 aromatic rings. The maximum absolute atomic E-state index is 5.62. The number of fused-ring (bicyclic) bond motifs is 1. The van der Waals surface area contributed by atoms with Crippen LogP contribution in [0.3, 0.4) is 0 Å². The zero-order chi connectivity index (χ0) is 20.1. The normalized spacial score (nSPS) is 14.1. The molecule has 0 amide bonds. The Morgan fingerprint density at radius 1 is 1.23 bits per heavy atom. The number of guanidine groups is 1. The lowest BCUT2D eigenvalue weighted by Gasteiger charge is -2.27. The number of nitrogens with zero attached hydrogens (tertiary/aromatic N) is 3. The highest BCUT2D eigenvalue weighted by atomic mass is 127. The molecular formula is C22H28IN5OS. The molecule has 3 heterocycles. The van der Waals surface area contributed by atoms with E-state index >= 15 is 0 Å². The number of benzene rings is 1. The summed E-state index contributed by atoms with van der Waals surface area (Å²) >= 11 is 1.88. The number of nitrogens with one attached hydrogen (secondary N) is 2. The van der Waals surface area contributed by atoms with Crippen LogP contribution in [0.4, 0.5) is 0 Å². The monoisotopic (exact) mass is 537 g/mol. The first-order valence-electron chi connectivity index (χ1n) is 9.95. The van der Waals surface area contributed by atoms with E-state index in [2.05, 4.69) is 56.0 Å². The van der Waals surface area contributed by atoms with Crippen LogP contribution in [0.25, 0.3) is 11.5 Å².